The molecule has 4 rings (SSSR count). The number of hydrogen-bond donors (Lipinski definition) is 2. The number of thiazole rings is 1. The van der Waals surface area contributed by atoms with Crippen LogP contribution < -0.4 is 10.6 Å². The molecule has 2 N–H and O–H groups in total. The first-order chi connectivity index (χ1) is 13.2. The van der Waals surface area contributed by atoms with E-state index in [0.717, 1.165) is 23.4 Å². The molecule has 136 valence electrons. The van der Waals surface area contributed by atoms with Crippen LogP contribution in [0.1, 0.15) is 28.9 Å². The van der Waals surface area contributed by atoms with Crippen molar-refractivity contribution in [2.45, 2.75) is 25.3 Å². The fourth-order valence-electron chi connectivity index (χ4n) is 2.65. The van der Waals surface area contributed by atoms with Crippen LogP contribution in [-0.4, -0.2) is 27.8 Å². The van der Waals surface area contributed by atoms with Gasteiger partial charge in [0, 0.05) is 29.4 Å². The molecule has 0 aliphatic heterocycles. The highest BCUT2D eigenvalue weighted by molar-refractivity contribution is 7.13. The van der Waals surface area contributed by atoms with E-state index in [1.807, 2.05) is 17.5 Å². The molecule has 0 spiro atoms. The molecule has 6 nitrogen and oxygen atoms in total. The van der Waals surface area contributed by atoms with E-state index in [4.69, 9.17) is 0 Å². The Hall–Kier alpha value is -3.06. The highest BCUT2D eigenvalue weighted by Crippen LogP contribution is 2.24. The minimum absolute atomic E-state index is 0.148. The molecule has 0 unspecified atom stereocenters. The lowest BCUT2D eigenvalue weighted by Crippen LogP contribution is -2.27. The standard InChI is InChI=1S/C20H18N4O2S/c25-18(10-15-12-27-20(23-15)13-4-3-9-21-11-13)24-17-6-2-1-5-16(17)19(26)22-14-7-8-14/h1-6,9,11-12,14H,7-8,10H2,(H,22,26)(H,24,25). The van der Waals surface area contributed by atoms with Gasteiger partial charge in [-0.05, 0) is 37.1 Å². The highest BCUT2D eigenvalue weighted by atomic mass is 32.1. The van der Waals surface area contributed by atoms with Crippen molar-refractivity contribution in [3.8, 4) is 10.6 Å². The van der Waals surface area contributed by atoms with Crippen molar-refractivity contribution in [1.82, 2.24) is 15.3 Å². The first kappa shape index (κ1) is 17.4. The average Bonchev–Trinajstić information content (AvgIpc) is 3.38. The molecule has 0 radical (unpaired) electrons. The van der Waals surface area contributed by atoms with Crippen molar-refractivity contribution in [2.24, 2.45) is 0 Å². The minimum Gasteiger partial charge on any atom is -0.349 e. The summed E-state index contributed by atoms with van der Waals surface area (Å²) in [6.07, 6.45) is 5.64. The van der Waals surface area contributed by atoms with Crippen molar-refractivity contribution in [1.29, 1.82) is 0 Å². The molecule has 2 amide bonds. The molecule has 2 aromatic heterocycles. The van der Waals surface area contributed by atoms with Gasteiger partial charge >= 0.3 is 0 Å². The van der Waals surface area contributed by atoms with Crippen LogP contribution >= 0.6 is 11.3 Å². The zero-order valence-corrected chi connectivity index (χ0v) is 15.3. The van der Waals surface area contributed by atoms with E-state index in [1.54, 1.807) is 36.7 Å². The fourth-order valence-corrected chi connectivity index (χ4v) is 3.46. The fraction of sp³-hybridized carbons (Fsp3) is 0.200. The van der Waals surface area contributed by atoms with Crippen LogP contribution in [0, 0.1) is 0 Å². The maximum absolute atomic E-state index is 12.4. The number of nitrogens with one attached hydrogen (secondary N) is 2. The summed E-state index contributed by atoms with van der Waals surface area (Å²) in [5.74, 6) is -0.356. The summed E-state index contributed by atoms with van der Waals surface area (Å²) >= 11 is 1.48. The summed E-state index contributed by atoms with van der Waals surface area (Å²) in [6.45, 7) is 0. The van der Waals surface area contributed by atoms with E-state index in [0.29, 0.717) is 16.9 Å². The van der Waals surface area contributed by atoms with Crippen LogP contribution in [0.15, 0.2) is 54.2 Å². The van der Waals surface area contributed by atoms with Crippen molar-refractivity contribution < 1.29 is 9.59 Å². The van der Waals surface area contributed by atoms with Gasteiger partial charge < -0.3 is 10.6 Å². The van der Waals surface area contributed by atoms with Crippen LogP contribution in [0.2, 0.25) is 0 Å². The van der Waals surface area contributed by atoms with Crippen LogP contribution in [0.5, 0.6) is 0 Å². The van der Waals surface area contributed by atoms with Crippen LogP contribution in [0.3, 0.4) is 0 Å². The lowest BCUT2D eigenvalue weighted by molar-refractivity contribution is -0.115. The Labute approximate surface area is 160 Å². The van der Waals surface area contributed by atoms with Gasteiger partial charge in [-0.15, -0.1) is 11.3 Å². The van der Waals surface area contributed by atoms with E-state index >= 15 is 0 Å². The average molecular weight is 378 g/mol. The van der Waals surface area contributed by atoms with E-state index in [-0.39, 0.29) is 24.3 Å². The lowest BCUT2D eigenvalue weighted by Gasteiger charge is -2.10. The normalized spacial score (nSPS) is 13.2. The molecular formula is C20H18N4O2S. The second-order valence-corrected chi connectivity index (χ2v) is 7.26. The molecule has 1 aliphatic carbocycles. The summed E-state index contributed by atoms with van der Waals surface area (Å²) in [4.78, 5) is 33.4. The topological polar surface area (TPSA) is 84.0 Å². The monoisotopic (exact) mass is 378 g/mol. The summed E-state index contributed by atoms with van der Waals surface area (Å²) in [6, 6.07) is 11.1. The molecule has 0 saturated heterocycles. The van der Waals surface area contributed by atoms with Gasteiger partial charge in [0.05, 0.1) is 23.4 Å². The number of carbonyl (C=O) groups is 2. The molecule has 1 aliphatic rings. The van der Waals surface area contributed by atoms with Gasteiger partial charge in [0.25, 0.3) is 5.91 Å². The van der Waals surface area contributed by atoms with Gasteiger partial charge in [0.15, 0.2) is 0 Å². The maximum atomic E-state index is 12.4. The predicted molar refractivity (Wildman–Crippen MR) is 105 cm³/mol. The van der Waals surface area contributed by atoms with E-state index in [9.17, 15) is 9.59 Å². The lowest BCUT2D eigenvalue weighted by atomic mass is 10.1. The molecule has 2 heterocycles. The number of amides is 2. The van der Waals surface area contributed by atoms with Crippen molar-refractivity contribution in [3.63, 3.8) is 0 Å². The van der Waals surface area contributed by atoms with Crippen LogP contribution in [0.25, 0.3) is 10.6 Å². The number of para-hydroxylation sites is 1. The predicted octanol–water partition coefficient (Wildman–Crippen LogP) is 3.28. The Morgan fingerprint density at radius 2 is 2.00 bits per heavy atom. The molecule has 0 bridgehead atoms. The molecule has 1 fully saturated rings. The van der Waals surface area contributed by atoms with Gasteiger partial charge in [-0.2, -0.15) is 0 Å². The van der Waals surface area contributed by atoms with E-state index in [1.165, 1.54) is 11.3 Å². The third kappa shape index (κ3) is 4.38. The second kappa shape index (κ2) is 7.67. The zero-order chi connectivity index (χ0) is 18.6. The molecule has 0 atom stereocenters. The molecule has 27 heavy (non-hydrogen) atoms. The molecule has 3 aromatic rings. The Morgan fingerprint density at radius 3 is 2.78 bits per heavy atom. The van der Waals surface area contributed by atoms with Crippen LogP contribution in [0.4, 0.5) is 5.69 Å². The number of benzene rings is 1. The molecule has 1 saturated carbocycles. The largest absolute Gasteiger partial charge is 0.349 e. The highest BCUT2D eigenvalue weighted by Gasteiger charge is 2.25. The first-order valence-electron chi connectivity index (χ1n) is 8.73. The number of carbonyl (C=O) groups excluding carboxylic acids is 2. The number of rotatable bonds is 6. The quantitative estimate of drug-likeness (QED) is 0.689. The second-order valence-electron chi connectivity index (χ2n) is 6.40. The molecule has 1 aromatic carbocycles. The van der Waals surface area contributed by atoms with Gasteiger partial charge in [-0.3, -0.25) is 14.6 Å². The summed E-state index contributed by atoms with van der Waals surface area (Å²) in [5.41, 5.74) is 2.61. The van der Waals surface area contributed by atoms with Crippen molar-refractivity contribution >= 4 is 28.8 Å². The van der Waals surface area contributed by atoms with Gasteiger partial charge in [0.2, 0.25) is 5.91 Å². The Morgan fingerprint density at radius 1 is 1.15 bits per heavy atom. The summed E-state index contributed by atoms with van der Waals surface area (Å²) < 4.78 is 0. The Bertz CT molecular complexity index is 967. The molecular weight excluding hydrogens is 360 g/mol. The Balaban J connectivity index is 1.43. The minimum atomic E-state index is -0.204. The van der Waals surface area contributed by atoms with Crippen LogP contribution in [-0.2, 0) is 11.2 Å². The third-order valence-corrected chi connectivity index (χ3v) is 5.10. The number of nitrogens with zero attached hydrogens (tertiary/aromatic N) is 2. The number of anilines is 1. The van der Waals surface area contributed by atoms with Crippen molar-refractivity contribution in [2.75, 3.05) is 5.32 Å². The number of hydrogen-bond acceptors (Lipinski definition) is 5. The first-order valence-corrected chi connectivity index (χ1v) is 9.61. The summed E-state index contributed by atoms with van der Waals surface area (Å²) in [5, 5.41) is 8.48. The van der Waals surface area contributed by atoms with Gasteiger partial charge in [-0.25, -0.2) is 4.98 Å². The number of pyridine rings is 1. The maximum Gasteiger partial charge on any atom is 0.253 e. The van der Waals surface area contributed by atoms with Gasteiger partial charge in [-0.1, -0.05) is 12.1 Å². The van der Waals surface area contributed by atoms with Gasteiger partial charge in [0.1, 0.15) is 5.01 Å². The Kier molecular flexibility index (Phi) is 4.93. The third-order valence-electron chi connectivity index (χ3n) is 4.16. The van der Waals surface area contributed by atoms with E-state index < -0.39 is 0 Å². The SMILES string of the molecule is O=C(Cc1csc(-c2cccnc2)n1)Nc1ccccc1C(=O)NC1CC1. The zero-order valence-electron chi connectivity index (χ0n) is 14.5. The van der Waals surface area contributed by atoms with E-state index in [2.05, 4.69) is 20.6 Å². The molecule has 7 heteroatoms. The smallest absolute Gasteiger partial charge is 0.253 e. The summed E-state index contributed by atoms with van der Waals surface area (Å²) in [7, 11) is 0. The number of aromatic nitrogens is 2. The van der Waals surface area contributed by atoms with Crippen molar-refractivity contribution in [3.05, 3.63) is 65.4 Å².